The zero-order valence-electron chi connectivity index (χ0n) is 13.2. The zero-order chi connectivity index (χ0) is 18.9. The van der Waals surface area contributed by atoms with Gasteiger partial charge < -0.3 is 0 Å². The Bertz CT molecular complexity index is 887. The van der Waals surface area contributed by atoms with Crippen LogP contribution in [-0.4, -0.2) is 21.2 Å². The highest BCUT2D eigenvalue weighted by molar-refractivity contribution is 7.99. The van der Waals surface area contributed by atoms with Crippen LogP contribution in [-0.2, 0) is 19.0 Å². The monoisotopic (exact) mass is 383 g/mol. The highest BCUT2D eigenvalue weighted by atomic mass is 32.2. The topological polar surface area (TPSA) is 86.0 Å². The number of nitro groups is 1. The molecular formula is C16H12F3N3O3S. The van der Waals surface area contributed by atoms with Crippen LogP contribution in [0.4, 0.5) is 18.9 Å². The number of hydrogen-bond acceptors (Lipinski definition) is 6. The van der Waals surface area contributed by atoms with E-state index in [9.17, 15) is 28.1 Å². The van der Waals surface area contributed by atoms with Crippen LogP contribution in [0.2, 0.25) is 0 Å². The van der Waals surface area contributed by atoms with Gasteiger partial charge in [0.2, 0.25) is 0 Å². The van der Waals surface area contributed by atoms with Gasteiger partial charge in [-0.1, -0.05) is 6.07 Å². The molecule has 3 rings (SSSR count). The first kappa shape index (κ1) is 18.3. The Kier molecular flexibility index (Phi) is 4.94. The van der Waals surface area contributed by atoms with E-state index in [2.05, 4.69) is 9.97 Å². The minimum atomic E-state index is -4.62. The Balaban J connectivity index is 2.06. The number of halogens is 3. The van der Waals surface area contributed by atoms with Crippen LogP contribution in [0.1, 0.15) is 40.2 Å². The second-order valence-electron chi connectivity index (χ2n) is 5.69. The zero-order valence-corrected chi connectivity index (χ0v) is 14.1. The lowest BCUT2D eigenvalue weighted by Gasteiger charge is -2.20. The number of nitrogens with zero attached hydrogens (tertiary/aromatic N) is 3. The van der Waals surface area contributed by atoms with E-state index in [0.717, 1.165) is 12.5 Å². The lowest BCUT2D eigenvalue weighted by molar-refractivity contribution is -0.387. The third-order valence-electron chi connectivity index (χ3n) is 3.95. The largest absolute Gasteiger partial charge is 0.433 e. The molecule has 0 atom stereocenters. The molecule has 0 unspecified atom stereocenters. The van der Waals surface area contributed by atoms with Crippen LogP contribution in [0.15, 0.2) is 28.3 Å². The van der Waals surface area contributed by atoms with Crippen molar-refractivity contribution in [3.05, 3.63) is 50.8 Å². The number of benzene rings is 1. The molecule has 0 amide bonds. The van der Waals surface area contributed by atoms with Gasteiger partial charge in [0.15, 0.2) is 10.9 Å². The molecule has 10 heteroatoms. The molecule has 1 aromatic heterocycles. The van der Waals surface area contributed by atoms with Gasteiger partial charge in [0.1, 0.15) is 6.29 Å². The molecule has 0 fully saturated rings. The number of carbonyl (C=O) groups excluding carboxylic acids is 1. The second kappa shape index (κ2) is 7.02. The fraction of sp³-hybridized carbons (Fsp3) is 0.312. The van der Waals surface area contributed by atoms with Gasteiger partial charge in [-0.15, -0.1) is 0 Å². The molecule has 0 aliphatic heterocycles. The Labute approximate surface area is 150 Å². The second-order valence-corrected chi connectivity index (χ2v) is 6.70. The molecule has 0 spiro atoms. The van der Waals surface area contributed by atoms with Gasteiger partial charge in [-0.2, -0.15) is 13.2 Å². The van der Waals surface area contributed by atoms with Crippen molar-refractivity contribution in [2.75, 3.05) is 0 Å². The predicted molar refractivity (Wildman–Crippen MR) is 86.3 cm³/mol. The summed E-state index contributed by atoms with van der Waals surface area (Å²) in [4.78, 5) is 29.2. The highest BCUT2D eigenvalue weighted by Crippen LogP contribution is 2.38. The normalized spacial score (nSPS) is 14.0. The summed E-state index contributed by atoms with van der Waals surface area (Å²) >= 11 is 0.685. The number of fused-ring (bicyclic) bond motifs is 1. The van der Waals surface area contributed by atoms with Crippen LogP contribution in [0, 0.1) is 10.1 Å². The maximum atomic E-state index is 13.4. The van der Waals surface area contributed by atoms with E-state index in [1.54, 1.807) is 0 Å². The Hall–Kier alpha value is -2.49. The van der Waals surface area contributed by atoms with E-state index in [1.165, 1.54) is 12.1 Å². The summed E-state index contributed by atoms with van der Waals surface area (Å²) in [6, 6.07) is 3.73. The molecular weight excluding hydrogens is 371 g/mol. The number of alkyl halides is 3. The molecule has 0 N–H and O–H groups in total. The van der Waals surface area contributed by atoms with Crippen LogP contribution in [0.3, 0.4) is 0 Å². The average molecular weight is 383 g/mol. The summed E-state index contributed by atoms with van der Waals surface area (Å²) in [5, 5.41) is 11.0. The third-order valence-corrected chi connectivity index (χ3v) is 4.88. The predicted octanol–water partition coefficient (Wildman–Crippen LogP) is 4.25. The van der Waals surface area contributed by atoms with E-state index >= 15 is 0 Å². The molecule has 0 saturated carbocycles. The van der Waals surface area contributed by atoms with Gasteiger partial charge in [-0.25, -0.2) is 9.97 Å². The number of hydrogen-bond donors (Lipinski definition) is 0. The summed E-state index contributed by atoms with van der Waals surface area (Å²) in [7, 11) is 0. The van der Waals surface area contributed by atoms with Crippen molar-refractivity contribution in [3.8, 4) is 0 Å². The Morgan fingerprint density at radius 2 is 1.92 bits per heavy atom. The first-order valence-corrected chi connectivity index (χ1v) is 8.49. The molecule has 0 saturated heterocycles. The van der Waals surface area contributed by atoms with Gasteiger partial charge >= 0.3 is 6.18 Å². The molecule has 2 aromatic rings. The first-order valence-electron chi connectivity index (χ1n) is 7.68. The van der Waals surface area contributed by atoms with Gasteiger partial charge in [-0.05, 0) is 43.5 Å². The van der Waals surface area contributed by atoms with Gasteiger partial charge in [0.25, 0.3) is 5.69 Å². The Morgan fingerprint density at radius 3 is 2.58 bits per heavy atom. The smallest absolute Gasteiger partial charge is 0.298 e. The number of nitro benzene ring substituents is 1. The number of aryl methyl sites for hydroxylation is 1. The van der Waals surface area contributed by atoms with Crippen LogP contribution >= 0.6 is 11.8 Å². The standard InChI is InChI=1S/C16H12F3N3O3S/c17-16(18,19)14-10-3-1-2-4-11(10)20-15(21-14)26-13-6-5-9(8-23)7-12(13)22(24)25/h5-8H,1-4H2. The van der Waals surface area contributed by atoms with Gasteiger partial charge in [0.05, 0.1) is 9.82 Å². The van der Waals surface area contributed by atoms with Crippen molar-refractivity contribution in [1.82, 2.24) is 9.97 Å². The van der Waals surface area contributed by atoms with Gasteiger partial charge in [0, 0.05) is 22.9 Å². The first-order chi connectivity index (χ1) is 12.3. The number of rotatable bonds is 4. The molecule has 1 heterocycles. The SMILES string of the molecule is O=Cc1ccc(Sc2nc3c(c(C(F)(F)F)n2)CCCC3)c([N+](=O)[O-])c1. The van der Waals surface area contributed by atoms with Crippen molar-refractivity contribution in [2.24, 2.45) is 0 Å². The molecule has 26 heavy (non-hydrogen) atoms. The summed E-state index contributed by atoms with van der Waals surface area (Å²) in [6.45, 7) is 0. The van der Waals surface area contributed by atoms with E-state index in [4.69, 9.17) is 0 Å². The maximum Gasteiger partial charge on any atom is 0.433 e. The summed E-state index contributed by atoms with van der Waals surface area (Å²) < 4.78 is 40.1. The van der Waals surface area contributed by atoms with E-state index < -0.39 is 16.8 Å². The minimum absolute atomic E-state index is 0.0736. The Morgan fingerprint density at radius 1 is 1.19 bits per heavy atom. The van der Waals surface area contributed by atoms with Crippen molar-refractivity contribution in [1.29, 1.82) is 0 Å². The lowest BCUT2D eigenvalue weighted by atomic mass is 9.94. The molecule has 136 valence electrons. The molecule has 6 nitrogen and oxygen atoms in total. The fourth-order valence-corrected chi connectivity index (χ4v) is 3.65. The lowest BCUT2D eigenvalue weighted by Crippen LogP contribution is -2.19. The van der Waals surface area contributed by atoms with Crippen LogP contribution < -0.4 is 0 Å². The third kappa shape index (κ3) is 3.69. The van der Waals surface area contributed by atoms with Crippen LogP contribution in [0.5, 0.6) is 0 Å². The molecule has 1 aliphatic carbocycles. The molecule has 1 aliphatic rings. The summed E-state index contributed by atoms with van der Waals surface area (Å²) in [6.07, 6.45) is -2.10. The molecule has 1 aromatic carbocycles. The molecule has 0 bridgehead atoms. The summed E-state index contributed by atoms with van der Waals surface area (Å²) in [5.74, 6) is 0. The quantitative estimate of drug-likeness (QED) is 0.340. The number of aromatic nitrogens is 2. The number of carbonyl (C=O) groups is 1. The van der Waals surface area contributed by atoms with Crippen molar-refractivity contribution in [3.63, 3.8) is 0 Å². The van der Waals surface area contributed by atoms with Crippen molar-refractivity contribution in [2.45, 2.75) is 41.9 Å². The summed E-state index contributed by atoms with van der Waals surface area (Å²) in [5.41, 5.74) is -0.804. The van der Waals surface area contributed by atoms with E-state index in [1.807, 2.05) is 0 Å². The number of aldehydes is 1. The van der Waals surface area contributed by atoms with Crippen molar-refractivity contribution >= 4 is 23.7 Å². The fourth-order valence-electron chi connectivity index (χ4n) is 2.79. The highest BCUT2D eigenvalue weighted by Gasteiger charge is 2.38. The average Bonchev–Trinajstić information content (AvgIpc) is 2.60. The van der Waals surface area contributed by atoms with E-state index in [0.29, 0.717) is 36.6 Å². The van der Waals surface area contributed by atoms with Crippen LogP contribution in [0.25, 0.3) is 0 Å². The van der Waals surface area contributed by atoms with Gasteiger partial charge in [-0.3, -0.25) is 14.9 Å². The van der Waals surface area contributed by atoms with Crippen molar-refractivity contribution < 1.29 is 22.9 Å². The van der Waals surface area contributed by atoms with E-state index in [-0.39, 0.29) is 33.3 Å². The maximum absolute atomic E-state index is 13.4. The molecule has 0 radical (unpaired) electrons. The minimum Gasteiger partial charge on any atom is -0.298 e.